The third-order valence-corrected chi connectivity index (χ3v) is 23.3. The van der Waals surface area contributed by atoms with E-state index >= 15 is 0 Å². The minimum atomic E-state index is -3.22. The Labute approximate surface area is 845 Å². The Kier molecular flexibility index (Phi) is 46.0. The fraction of sp³-hybridized carbons (Fsp3) is 0.0938. The van der Waals surface area contributed by atoms with Gasteiger partial charge < -0.3 is 14.2 Å². The first-order valence-electron chi connectivity index (χ1n) is 40.2. The molecule has 0 unspecified atom stereocenters. The summed E-state index contributed by atoms with van der Waals surface area (Å²) in [5.74, 6) is 1.40. The molecule has 40 heteroatoms. The first-order valence-corrected chi connectivity index (χ1v) is 54.1. The van der Waals surface area contributed by atoms with Gasteiger partial charge in [-0.1, -0.05) is 217 Å². The number of H-pyrrole nitrogens is 2. The second-order valence-electron chi connectivity index (χ2n) is 27.6. The average Bonchev–Trinajstić information content (AvgIpc) is 0.822. The van der Waals surface area contributed by atoms with Crippen LogP contribution in [-0.4, -0.2) is 128 Å². The maximum Gasteiger partial charge on any atom is -0.0134 e. The van der Waals surface area contributed by atoms with Crippen LogP contribution < -0.4 is 57.2 Å². The quantitative estimate of drug-likeness (QED) is 0.0547. The van der Waals surface area contributed by atoms with Crippen molar-refractivity contribution in [1.29, 1.82) is 0 Å². The summed E-state index contributed by atoms with van der Waals surface area (Å²) in [4.78, 5) is 34.6. The number of benzene rings is 6. The molecule has 0 fully saturated rings. The van der Waals surface area contributed by atoms with E-state index in [4.69, 9.17) is 49.0 Å². The standard InChI is InChI=1S/C22H20N6.2C18H15P.C10H10N4O2.C8H4Cl2N4.C8H6N4O2.C7H8BrN.C5H5ClN2O.2BrH.Cl3OP.Ni/c1-13-9-15(3)23-21(11-13)19-7-5-17(25-27-19)18-6-8-20(28-26-18)22-12-14(2)10-16(4)24-22;2*1-4-10-16(11-5-1)19(17-12-6-2-7-13-17)18-14-8-3-9-15-18;1-15-9-5-3-7(11-13-9)8-4-6-10(16-2)14-12-8;9-7-3-1-5(11-13-7)6-2-4-8(10)14-12-6;13-7-3-1-5(9-11-7)6-2-4-8(14)12-10-6;1-5-3-6(2)9-7(8)4-5;1-9-5-3-2-4(6)7-8-5;;;1-5(2,3)4;/h5-12H,1-4H3;2*1-15H;3-6H,1-2H3;1-4H;1-4H,(H,11,13)(H,12,14);3-4H,1-2H3;2-3H,1H3;2*1H;;/q;;;;;;;;;;;+2/p-2. The molecule has 18 rings (SSSR count). The van der Waals surface area contributed by atoms with Crippen LogP contribution in [0.2, 0.25) is 15.5 Å². The summed E-state index contributed by atoms with van der Waals surface area (Å²) in [6.07, 6.45) is 0. The van der Waals surface area contributed by atoms with Crippen molar-refractivity contribution in [1.82, 2.24) is 107 Å². The number of hydrogen-bond donors (Lipinski definition) is 2. The summed E-state index contributed by atoms with van der Waals surface area (Å²) in [6, 6.07) is 107. The number of hydrogen-bond acceptors (Lipinski definition) is 25. The van der Waals surface area contributed by atoms with Gasteiger partial charge in [-0.25, -0.2) is 15.2 Å². The number of methoxy groups -OCH3 is 3. The Morgan fingerprint density at radius 1 is 0.287 bits per heavy atom. The molecule has 0 atom stereocenters. The van der Waals surface area contributed by atoms with Gasteiger partial charge in [0.15, 0.2) is 15.5 Å². The molecule has 12 heterocycles. The molecule has 0 aliphatic heterocycles. The number of aromatic amines is 2. The van der Waals surface area contributed by atoms with Crippen LogP contribution >= 0.6 is 134 Å². The molecule has 18 aromatic rings. The zero-order valence-electron chi connectivity index (χ0n) is 73.7. The number of pyridine rings is 3. The van der Waals surface area contributed by atoms with Gasteiger partial charge in [0.05, 0.1) is 32.7 Å². The fourth-order valence-electron chi connectivity index (χ4n) is 11.7. The van der Waals surface area contributed by atoms with E-state index < -0.39 is 21.0 Å². The summed E-state index contributed by atoms with van der Waals surface area (Å²) >= 11 is 39.8. The van der Waals surface area contributed by atoms with E-state index in [0.29, 0.717) is 78.7 Å². The van der Waals surface area contributed by atoms with Gasteiger partial charge in [0, 0.05) is 47.4 Å². The molecule has 0 aliphatic carbocycles. The Bertz CT molecular complexity index is 6130. The molecule has 2 N–H and O–H groups in total. The Morgan fingerprint density at radius 2 is 0.500 bits per heavy atom. The molecule has 0 saturated heterocycles. The molecule has 27 nitrogen and oxygen atoms in total. The smallest absolute Gasteiger partial charge is 0.0134 e. The second kappa shape index (κ2) is 58.0. The normalized spacial score (nSPS) is 10.3. The van der Waals surface area contributed by atoms with E-state index in [9.17, 15) is 14.2 Å². The summed E-state index contributed by atoms with van der Waals surface area (Å²) in [6.45, 7) is 12.1. The molecular weight excluding hydrogens is 2150 g/mol. The number of aromatic nitrogens is 21. The number of rotatable bonds is 15. The molecule has 6 aromatic carbocycles. The molecule has 0 bridgehead atoms. The molecular formula is C96H83Br3Cl6N21NiO6P3. The minimum absolute atomic E-state index is 0.279. The minimum Gasteiger partial charge on any atom is -0.0622 e. The first-order chi connectivity index (χ1) is 65.6. The number of nitrogens with zero attached hydrogens (tertiary/aromatic N) is 19. The van der Waals surface area contributed by atoms with Crippen molar-refractivity contribution in [3.63, 3.8) is 0 Å². The van der Waals surface area contributed by atoms with Gasteiger partial charge in [-0.15, -0.1) is 71.4 Å². The van der Waals surface area contributed by atoms with Gasteiger partial charge >= 0.3 is 44.5 Å². The molecule has 136 heavy (non-hydrogen) atoms. The number of halogens is 9. The van der Waals surface area contributed by atoms with Crippen molar-refractivity contribution in [3.8, 4) is 86.0 Å². The Morgan fingerprint density at radius 3 is 0.706 bits per heavy atom. The molecule has 0 aliphatic rings. The van der Waals surface area contributed by atoms with Crippen LogP contribution in [0.25, 0.3) is 68.3 Å². The number of ether oxygens (including phenoxy) is 3. The first kappa shape index (κ1) is 108. The third kappa shape index (κ3) is 38.4. The van der Waals surface area contributed by atoms with Gasteiger partial charge in [0.2, 0.25) is 17.6 Å². The van der Waals surface area contributed by atoms with Crippen LogP contribution in [0, 0.1) is 41.5 Å². The zero-order chi connectivity index (χ0) is 97.6. The van der Waals surface area contributed by atoms with Crippen molar-refractivity contribution in [2.24, 2.45) is 0 Å². The monoisotopic (exact) mass is 2220 g/mol. The zero-order valence-corrected chi connectivity index (χ0v) is 86.6. The van der Waals surface area contributed by atoms with Crippen LogP contribution in [0.1, 0.15) is 33.8 Å². The van der Waals surface area contributed by atoms with Gasteiger partial charge in [0.1, 0.15) is 61.5 Å². The largest absolute Gasteiger partial charge is 0.0622 e. The van der Waals surface area contributed by atoms with E-state index in [2.05, 4.69) is 374 Å². The topological polar surface area (TPSA) is 355 Å². The molecule has 0 radical (unpaired) electrons. The van der Waals surface area contributed by atoms with Gasteiger partial charge in [0.25, 0.3) is 11.1 Å². The summed E-state index contributed by atoms with van der Waals surface area (Å²) in [7, 11) is 4.96. The maximum atomic E-state index is 10.7. The van der Waals surface area contributed by atoms with E-state index in [1.165, 1.54) is 93.9 Å². The molecule has 0 spiro atoms. The summed E-state index contributed by atoms with van der Waals surface area (Å²) in [5, 5.41) is 73.4. The SMILES string of the molecule is COc1ccc(-c2ccc(OC)nn2)nn1.COc1ccc(Cl)nn1.Cc1cc(C)nc(-c2ccc(-c3ccc(-c4cc(C)cc(C)n4)nn3)nn2)c1.Cc1cc(C)nc(Br)c1.Clc1ccc(-c2ccc(Cl)nn2)nn1.O=P(Cl)(Cl)Cl.O=c1ccc(-c2ccc(=O)[nH]n2)n[nH]1.[Br][Ni][Br].c1ccc(P(c2ccccc2)c2ccccc2)cc1.c1ccc(P(c2ccccc2)c2ccccc2)cc1. The van der Waals surface area contributed by atoms with Crippen molar-refractivity contribution < 1.29 is 29.7 Å². The molecule has 12 aromatic heterocycles. The van der Waals surface area contributed by atoms with E-state index in [-0.39, 0.29) is 11.1 Å². The van der Waals surface area contributed by atoms with E-state index in [1.54, 1.807) is 60.7 Å². The number of nitrogens with one attached hydrogen (secondary N) is 2. The van der Waals surface area contributed by atoms with Crippen molar-refractivity contribution in [2.75, 3.05) is 21.3 Å². The fourth-order valence-corrected chi connectivity index (χ4v) is 17.3. The molecule has 0 amide bonds. The third-order valence-electron chi connectivity index (χ3n) is 17.4. The maximum absolute atomic E-state index is 10.7. The Hall–Kier alpha value is -11.7. The number of aryl methyl sites for hydroxylation is 6. The Balaban J connectivity index is 0.000000176. The van der Waals surface area contributed by atoms with E-state index in [0.717, 1.165) is 55.6 Å². The van der Waals surface area contributed by atoms with Crippen molar-refractivity contribution in [2.45, 2.75) is 41.5 Å². The van der Waals surface area contributed by atoms with Crippen molar-refractivity contribution >= 4 is 166 Å². The molecule has 696 valence electrons. The van der Waals surface area contributed by atoms with Gasteiger partial charge in [-0.2, -0.15) is 10.2 Å². The van der Waals surface area contributed by atoms with Crippen LogP contribution in [-0.2, 0) is 15.5 Å². The predicted molar refractivity (Wildman–Crippen MR) is 555 cm³/mol. The predicted octanol–water partition coefficient (Wildman–Crippen LogP) is 22.0. The summed E-state index contributed by atoms with van der Waals surface area (Å²) in [5.41, 5.74) is 13.9. The van der Waals surface area contributed by atoms with Crippen molar-refractivity contribution in [3.05, 3.63) is 402 Å². The van der Waals surface area contributed by atoms with E-state index in [1.807, 2.05) is 95.3 Å². The average molecular weight is 2230 g/mol. The van der Waals surface area contributed by atoms with Crippen LogP contribution in [0.4, 0.5) is 0 Å². The van der Waals surface area contributed by atoms with Crippen LogP contribution in [0.15, 0.2) is 342 Å². The van der Waals surface area contributed by atoms with Gasteiger partial charge in [-0.05, 0) is 271 Å². The van der Waals surface area contributed by atoms with Gasteiger partial charge in [-0.3, -0.25) is 24.1 Å². The van der Waals surface area contributed by atoms with Crippen LogP contribution in [0.3, 0.4) is 0 Å². The second-order valence-corrected chi connectivity index (χ2v) is 45.6. The molecule has 0 saturated carbocycles. The summed E-state index contributed by atoms with van der Waals surface area (Å²) < 4.78 is 25.0. The van der Waals surface area contributed by atoms with Crippen LogP contribution in [0.5, 0.6) is 17.6 Å².